The summed E-state index contributed by atoms with van der Waals surface area (Å²) in [4.78, 5) is 14.0. The minimum Gasteiger partial charge on any atom is -0.318 e. The van der Waals surface area contributed by atoms with E-state index in [2.05, 4.69) is 17.8 Å². The number of rotatable bonds is 2. The van der Waals surface area contributed by atoms with Crippen LogP contribution in [0.5, 0.6) is 0 Å². The van der Waals surface area contributed by atoms with Crippen LogP contribution in [-0.2, 0) is 4.79 Å². The van der Waals surface area contributed by atoms with Gasteiger partial charge in [-0.05, 0) is 25.0 Å². The van der Waals surface area contributed by atoms with Gasteiger partial charge in [-0.1, -0.05) is 49.3 Å². The summed E-state index contributed by atoms with van der Waals surface area (Å²) in [5.41, 5.74) is 0.852. The van der Waals surface area contributed by atoms with Crippen molar-refractivity contribution in [2.45, 2.75) is 38.1 Å². The molecule has 2 heteroatoms. The molecule has 0 unspecified atom stereocenters. The van der Waals surface area contributed by atoms with Crippen LogP contribution in [-0.4, -0.2) is 23.4 Å². The highest BCUT2D eigenvalue weighted by atomic mass is 16.2. The summed E-state index contributed by atoms with van der Waals surface area (Å²) in [6.45, 7) is 0.354. The third kappa shape index (κ3) is 3.90. The van der Waals surface area contributed by atoms with Gasteiger partial charge in [0.1, 0.15) is 0 Å². The number of nitrogens with zero attached hydrogens (tertiary/aromatic N) is 1. The zero-order valence-electron chi connectivity index (χ0n) is 11.6. The molecule has 1 aromatic carbocycles. The van der Waals surface area contributed by atoms with Gasteiger partial charge in [0.05, 0.1) is 6.54 Å². The quantitative estimate of drug-likeness (QED) is 0.753. The van der Waals surface area contributed by atoms with Crippen LogP contribution in [0.25, 0.3) is 0 Å². The van der Waals surface area contributed by atoms with Crippen LogP contribution in [0.15, 0.2) is 30.3 Å². The van der Waals surface area contributed by atoms with E-state index < -0.39 is 0 Å². The van der Waals surface area contributed by atoms with Crippen molar-refractivity contribution in [1.29, 1.82) is 0 Å². The number of hydrogen-bond acceptors (Lipinski definition) is 1. The summed E-state index contributed by atoms with van der Waals surface area (Å²) in [5, 5.41) is 0. The SMILES string of the molecule is C#CCN(C(=O)C#Cc1ccccc1)C1CCCCC1. The highest BCUT2D eigenvalue weighted by Crippen LogP contribution is 2.22. The smallest absolute Gasteiger partial charge is 0.299 e. The van der Waals surface area contributed by atoms with Gasteiger partial charge in [0, 0.05) is 17.5 Å². The molecule has 0 saturated heterocycles. The minimum absolute atomic E-state index is 0.154. The molecular weight excluding hydrogens is 246 g/mol. The highest BCUT2D eigenvalue weighted by molar-refractivity contribution is 5.94. The molecule has 2 nitrogen and oxygen atoms in total. The maximum atomic E-state index is 12.3. The van der Waals surface area contributed by atoms with E-state index in [1.807, 2.05) is 30.3 Å². The molecule has 1 aliphatic rings. The molecule has 1 aliphatic carbocycles. The molecule has 20 heavy (non-hydrogen) atoms. The lowest BCUT2D eigenvalue weighted by Crippen LogP contribution is -2.41. The molecule has 2 rings (SSSR count). The highest BCUT2D eigenvalue weighted by Gasteiger charge is 2.23. The van der Waals surface area contributed by atoms with Crippen LogP contribution in [0.3, 0.4) is 0 Å². The van der Waals surface area contributed by atoms with Crippen LogP contribution >= 0.6 is 0 Å². The van der Waals surface area contributed by atoms with Gasteiger partial charge in [-0.15, -0.1) is 6.42 Å². The van der Waals surface area contributed by atoms with E-state index >= 15 is 0 Å². The second-order valence-corrected chi connectivity index (χ2v) is 5.05. The second-order valence-electron chi connectivity index (χ2n) is 5.05. The minimum atomic E-state index is -0.154. The van der Waals surface area contributed by atoms with Gasteiger partial charge in [-0.3, -0.25) is 4.79 Å². The van der Waals surface area contributed by atoms with E-state index in [-0.39, 0.29) is 11.9 Å². The number of carbonyl (C=O) groups is 1. The van der Waals surface area contributed by atoms with Gasteiger partial charge in [-0.25, -0.2) is 0 Å². The Bertz CT molecular complexity index is 538. The first-order valence-corrected chi connectivity index (χ1v) is 7.12. The Balaban J connectivity index is 2.07. The molecule has 0 bridgehead atoms. The average molecular weight is 265 g/mol. The van der Waals surface area contributed by atoms with Crippen LogP contribution in [0.1, 0.15) is 37.7 Å². The van der Waals surface area contributed by atoms with Crippen molar-refractivity contribution in [3.63, 3.8) is 0 Å². The number of benzene rings is 1. The first kappa shape index (κ1) is 14.2. The predicted molar refractivity (Wildman–Crippen MR) is 80.7 cm³/mol. The van der Waals surface area contributed by atoms with Gasteiger partial charge >= 0.3 is 0 Å². The van der Waals surface area contributed by atoms with Crippen molar-refractivity contribution in [1.82, 2.24) is 4.90 Å². The molecule has 0 radical (unpaired) electrons. The molecule has 0 spiro atoms. The van der Waals surface area contributed by atoms with Crippen molar-refractivity contribution in [3.8, 4) is 24.2 Å². The molecule has 1 fully saturated rings. The maximum Gasteiger partial charge on any atom is 0.299 e. The van der Waals surface area contributed by atoms with Crippen LogP contribution in [0.2, 0.25) is 0 Å². The first-order chi connectivity index (χ1) is 9.81. The Morgan fingerprint density at radius 1 is 1.20 bits per heavy atom. The first-order valence-electron chi connectivity index (χ1n) is 7.12. The molecule has 0 aromatic heterocycles. The molecule has 0 aliphatic heterocycles. The monoisotopic (exact) mass is 265 g/mol. The second kappa shape index (κ2) is 7.41. The zero-order chi connectivity index (χ0) is 14.2. The largest absolute Gasteiger partial charge is 0.318 e. The zero-order valence-corrected chi connectivity index (χ0v) is 11.6. The standard InChI is InChI=1S/C18H19NO/c1-2-15-19(17-11-7-4-8-12-17)18(20)14-13-16-9-5-3-6-10-16/h1,3,5-6,9-10,17H,4,7-8,11-12,15H2. The summed E-state index contributed by atoms with van der Waals surface area (Å²) in [6.07, 6.45) is 11.1. The van der Waals surface area contributed by atoms with Gasteiger partial charge in [-0.2, -0.15) is 0 Å². The van der Waals surface area contributed by atoms with E-state index in [1.165, 1.54) is 19.3 Å². The van der Waals surface area contributed by atoms with E-state index in [0.717, 1.165) is 18.4 Å². The van der Waals surface area contributed by atoms with Crippen molar-refractivity contribution >= 4 is 5.91 Å². The Kier molecular flexibility index (Phi) is 5.27. The predicted octanol–water partition coefficient (Wildman–Crippen LogP) is 2.83. The number of amides is 1. The molecule has 1 aromatic rings. The number of terminal acetylenes is 1. The normalized spacial score (nSPS) is 14.8. The van der Waals surface area contributed by atoms with Gasteiger partial charge in [0.15, 0.2) is 0 Å². The Labute approximate surface area is 121 Å². The number of carbonyl (C=O) groups excluding carboxylic acids is 1. The molecule has 0 N–H and O–H groups in total. The van der Waals surface area contributed by atoms with Gasteiger partial charge in [0.25, 0.3) is 5.91 Å². The molecule has 102 valence electrons. The van der Waals surface area contributed by atoms with Crippen molar-refractivity contribution in [3.05, 3.63) is 35.9 Å². The lowest BCUT2D eigenvalue weighted by Gasteiger charge is -2.31. The van der Waals surface area contributed by atoms with Crippen LogP contribution < -0.4 is 0 Å². The Hall–Kier alpha value is -2.19. The summed E-state index contributed by atoms with van der Waals surface area (Å²) in [7, 11) is 0. The fourth-order valence-electron chi connectivity index (χ4n) is 2.58. The summed E-state index contributed by atoms with van der Waals surface area (Å²) >= 11 is 0. The topological polar surface area (TPSA) is 20.3 Å². The van der Waals surface area contributed by atoms with E-state index in [0.29, 0.717) is 6.54 Å². The molecule has 0 heterocycles. The fraction of sp³-hybridized carbons (Fsp3) is 0.389. The van der Waals surface area contributed by atoms with Crippen LogP contribution in [0.4, 0.5) is 0 Å². The lowest BCUT2D eigenvalue weighted by atomic mass is 9.94. The van der Waals surface area contributed by atoms with Crippen molar-refractivity contribution in [2.75, 3.05) is 6.54 Å². The Morgan fingerprint density at radius 2 is 1.90 bits per heavy atom. The summed E-state index contributed by atoms with van der Waals surface area (Å²) in [6, 6.07) is 9.81. The Morgan fingerprint density at radius 3 is 2.55 bits per heavy atom. The van der Waals surface area contributed by atoms with E-state index in [1.54, 1.807) is 4.90 Å². The summed E-state index contributed by atoms with van der Waals surface area (Å²) in [5.74, 6) is 8.06. The number of hydrogen-bond donors (Lipinski definition) is 0. The third-order valence-corrected chi connectivity index (χ3v) is 3.63. The molecular formula is C18H19NO. The summed E-state index contributed by atoms with van der Waals surface area (Å²) < 4.78 is 0. The molecule has 1 saturated carbocycles. The van der Waals surface area contributed by atoms with Crippen molar-refractivity contribution < 1.29 is 4.79 Å². The van der Waals surface area contributed by atoms with Crippen molar-refractivity contribution in [2.24, 2.45) is 0 Å². The van der Waals surface area contributed by atoms with Crippen LogP contribution in [0, 0.1) is 24.2 Å². The lowest BCUT2D eigenvalue weighted by molar-refractivity contribution is -0.127. The molecule has 1 amide bonds. The van der Waals surface area contributed by atoms with Gasteiger partial charge in [0.2, 0.25) is 0 Å². The third-order valence-electron chi connectivity index (χ3n) is 3.63. The van der Waals surface area contributed by atoms with E-state index in [4.69, 9.17) is 6.42 Å². The average Bonchev–Trinajstić information content (AvgIpc) is 2.52. The van der Waals surface area contributed by atoms with Gasteiger partial charge < -0.3 is 4.90 Å². The maximum absolute atomic E-state index is 12.3. The fourth-order valence-corrected chi connectivity index (χ4v) is 2.58. The molecule has 0 atom stereocenters. The van der Waals surface area contributed by atoms with E-state index in [9.17, 15) is 4.79 Å².